The summed E-state index contributed by atoms with van der Waals surface area (Å²) in [7, 11) is 0. The van der Waals surface area contributed by atoms with Crippen LogP contribution in [0.3, 0.4) is 0 Å². The Hall–Kier alpha value is -2.24. The fourth-order valence-corrected chi connectivity index (χ4v) is 3.09. The predicted octanol–water partition coefficient (Wildman–Crippen LogP) is 2.04. The Morgan fingerprint density at radius 2 is 2.30 bits per heavy atom. The Balaban J connectivity index is 2.24. The van der Waals surface area contributed by atoms with Crippen LogP contribution in [0.1, 0.15) is 5.56 Å². The van der Waals surface area contributed by atoms with E-state index in [4.69, 9.17) is 5.26 Å². The van der Waals surface area contributed by atoms with Gasteiger partial charge in [-0.05, 0) is 29.9 Å². The molecule has 0 saturated heterocycles. The molecule has 2 heterocycles. The molecule has 0 aliphatic heterocycles. The highest BCUT2D eigenvalue weighted by molar-refractivity contribution is 7.98. The largest absolute Gasteiger partial charge is 0.286 e. The molecule has 3 rings (SSSR count). The van der Waals surface area contributed by atoms with Gasteiger partial charge in [0.2, 0.25) is 0 Å². The van der Waals surface area contributed by atoms with Crippen molar-refractivity contribution >= 4 is 33.5 Å². The maximum Gasteiger partial charge on any atom is 0.286 e. The Bertz CT molecular complexity index is 893. The minimum Gasteiger partial charge on any atom is -0.266 e. The highest BCUT2D eigenvalue weighted by atomic mass is 32.2. The van der Waals surface area contributed by atoms with E-state index in [1.54, 1.807) is 6.07 Å². The van der Waals surface area contributed by atoms with Gasteiger partial charge in [-0.25, -0.2) is 5.10 Å². The number of H-pyrrole nitrogens is 1. The van der Waals surface area contributed by atoms with Gasteiger partial charge in [0.15, 0.2) is 0 Å². The summed E-state index contributed by atoms with van der Waals surface area (Å²) >= 11 is 2.58. The number of thioether (sulfide) groups is 1. The molecule has 0 aliphatic carbocycles. The van der Waals surface area contributed by atoms with Crippen LogP contribution < -0.4 is 5.56 Å². The molecule has 1 aromatic carbocycles. The standard InChI is InChI=1S/C12H7N5OS2/c1-19-8-3-2-6(4-7(8)5-13)9-10-11(20-16-9)12(18)15-17-14-10/h2-4H,1H3,(H,14,15,18). The zero-order valence-electron chi connectivity index (χ0n) is 10.2. The fraction of sp³-hybridized carbons (Fsp3) is 0.0833. The molecule has 0 fully saturated rings. The van der Waals surface area contributed by atoms with Crippen LogP contribution in [-0.4, -0.2) is 26.0 Å². The summed E-state index contributed by atoms with van der Waals surface area (Å²) in [6.45, 7) is 0. The summed E-state index contributed by atoms with van der Waals surface area (Å²) in [6, 6.07) is 7.64. The number of rotatable bonds is 2. The van der Waals surface area contributed by atoms with Crippen LogP contribution in [0.15, 0.2) is 27.9 Å². The first-order chi connectivity index (χ1) is 9.74. The van der Waals surface area contributed by atoms with E-state index in [9.17, 15) is 4.79 Å². The van der Waals surface area contributed by atoms with Crippen LogP contribution in [-0.2, 0) is 0 Å². The van der Waals surface area contributed by atoms with Crippen molar-refractivity contribution in [1.82, 2.24) is 19.8 Å². The second-order valence-electron chi connectivity index (χ2n) is 3.88. The van der Waals surface area contributed by atoms with Crippen molar-refractivity contribution in [1.29, 1.82) is 5.26 Å². The zero-order chi connectivity index (χ0) is 14.1. The van der Waals surface area contributed by atoms with Gasteiger partial charge in [0.25, 0.3) is 5.56 Å². The molecule has 0 saturated carbocycles. The Labute approximate surface area is 121 Å². The number of nitrogens with one attached hydrogen (secondary N) is 1. The number of hydrogen-bond donors (Lipinski definition) is 1. The summed E-state index contributed by atoms with van der Waals surface area (Å²) in [5, 5.41) is 18.9. The van der Waals surface area contributed by atoms with Gasteiger partial charge >= 0.3 is 0 Å². The van der Waals surface area contributed by atoms with E-state index < -0.39 is 0 Å². The van der Waals surface area contributed by atoms with Crippen LogP contribution in [0, 0.1) is 11.3 Å². The van der Waals surface area contributed by atoms with Crippen molar-refractivity contribution in [2.24, 2.45) is 0 Å². The second-order valence-corrected chi connectivity index (χ2v) is 5.50. The molecule has 0 spiro atoms. The van der Waals surface area contributed by atoms with E-state index in [1.807, 2.05) is 18.4 Å². The molecule has 0 amide bonds. The maximum atomic E-state index is 11.6. The van der Waals surface area contributed by atoms with Crippen LogP contribution in [0.5, 0.6) is 0 Å². The molecule has 8 heteroatoms. The molecule has 1 N–H and O–H groups in total. The number of nitrogens with zero attached hydrogens (tertiary/aromatic N) is 4. The molecule has 0 bridgehead atoms. The van der Waals surface area contributed by atoms with Gasteiger partial charge < -0.3 is 0 Å². The molecular formula is C12H7N5OS2. The first-order valence-corrected chi connectivity index (χ1v) is 7.53. The van der Waals surface area contributed by atoms with Crippen molar-refractivity contribution in [3.05, 3.63) is 34.1 Å². The molecule has 2 aromatic heterocycles. The van der Waals surface area contributed by atoms with Crippen molar-refractivity contribution in [2.75, 3.05) is 6.26 Å². The lowest BCUT2D eigenvalue weighted by Gasteiger charge is -2.02. The first kappa shape index (κ1) is 12.8. The third kappa shape index (κ3) is 1.97. The zero-order valence-corrected chi connectivity index (χ0v) is 11.9. The van der Waals surface area contributed by atoms with E-state index in [2.05, 4.69) is 25.9 Å². The summed E-state index contributed by atoms with van der Waals surface area (Å²) in [5.41, 5.74) is 2.06. The Morgan fingerprint density at radius 3 is 3.05 bits per heavy atom. The number of nitriles is 1. The average molecular weight is 301 g/mol. The van der Waals surface area contributed by atoms with E-state index in [0.29, 0.717) is 21.5 Å². The normalized spacial score (nSPS) is 10.6. The monoisotopic (exact) mass is 301 g/mol. The van der Waals surface area contributed by atoms with E-state index in [-0.39, 0.29) is 5.56 Å². The molecule has 0 aliphatic rings. The van der Waals surface area contributed by atoms with Gasteiger partial charge in [0.1, 0.15) is 22.0 Å². The minimum atomic E-state index is -0.306. The summed E-state index contributed by atoms with van der Waals surface area (Å²) in [6.07, 6.45) is 1.92. The number of aromatic amines is 1. The predicted molar refractivity (Wildman–Crippen MR) is 77.8 cm³/mol. The molecule has 0 unspecified atom stereocenters. The van der Waals surface area contributed by atoms with Crippen molar-refractivity contribution in [3.8, 4) is 17.3 Å². The summed E-state index contributed by atoms with van der Waals surface area (Å²) in [5.74, 6) is 0. The molecule has 0 radical (unpaired) electrons. The number of benzene rings is 1. The third-order valence-corrected chi connectivity index (χ3v) is 4.40. The van der Waals surface area contributed by atoms with Crippen LogP contribution >= 0.6 is 23.3 Å². The van der Waals surface area contributed by atoms with Crippen LogP contribution in [0.4, 0.5) is 0 Å². The minimum absolute atomic E-state index is 0.306. The third-order valence-electron chi connectivity index (χ3n) is 2.77. The molecule has 20 heavy (non-hydrogen) atoms. The van der Waals surface area contributed by atoms with Crippen molar-refractivity contribution in [3.63, 3.8) is 0 Å². The van der Waals surface area contributed by atoms with E-state index in [1.165, 1.54) is 11.8 Å². The van der Waals surface area contributed by atoms with Crippen molar-refractivity contribution in [2.45, 2.75) is 4.90 Å². The number of hydrogen-bond acceptors (Lipinski definition) is 7. The lowest BCUT2D eigenvalue weighted by Crippen LogP contribution is -2.07. The quantitative estimate of drug-likeness (QED) is 0.728. The number of aromatic nitrogens is 4. The highest BCUT2D eigenvalue weighted by Crippen LogP contribution is 2.30. The first-order valence-electron chi connectivity index (χ1n) is 5.54. The van der Waals surface area contributed by atoms with Gasteiger partial charge in [-0.2, -0.15) is 9.64 Å². The smallest absolute Gasteiger partial charge is 0.266 e. The Kier molecular flexibility index (Phi) is 3.22. The van der Waals surface area contributed by atoms with Crippen molar-refractivity contribution < 1.29 is 0 Å². The highest BCUT2D eigenvalue weighted by Gasteiger charge is 2.14. The van der Waals surface area contributed by atoms with Gasteiger partial charge in [-0.15, -0.1) is 16.9 Å². The van der Waals surface area contributed by atoms with Gasteiger partial charge in [0.05, 0.1) is 5.56 Å². The average Bonchev–Trinajstić information content (AvgIpc) is 2.92. The van der Waals surface area contributed by atoms with Crippen LogP contribution in [0.2, 0.25) is 0 Å². The Morgan fingerprint density at radius 1 is 1.45 bits per heavy atom. The molecule has 6 nitrogen and oxygen atoms in total. The maximum absolute atomic E-state index is 11.6. The molecule has 0 atom stereocenters. The van der Waals surface area contributed by atoms with Crippen LogP contribution in [0.25, 0.3) is 21.5 Å². The second kappa shape index (κ2) is 5.03. The van der Waals surface area contributed by atoms with Gasteiger partial charge in [-0.1, -0.05) is 11.3 Å². The molecule has 98 valence electrons. The number of fused-ring (bicyclic) bond motifs is 1. The topological polar surface area (TPSA) is 95.3 Å². The fourth-order valence-electron chi connectivity index (χ4n) is 1.83. The lowest BCUT2D eigenvalue weighted by atomic mass is 10.1. The van der Waals surface area contributed by atoms with Gasteiger partial charge in [0, 0.05) is 10.5 Å². The SMILES string of the molecule is CSc1ccc(-c2nsc3c(=O)[nH]nnc23)cc1C#N. The molecular weight excluding hydrogens is 294 g/mol. The molecule has 3 aromatic rings. The van der Waals surface area contributed by atoms with Gasteiger partial charge in [-0.3, -0.25) is 4.79 Å². The summed E-state index contributed by atoms with van der Waals surface area (Å²) < 4.78 is 4.69. The van der Waals surface area contributed by atoms with E-state index in [0.717, 1.165) is 22.0 Å². The lowest BCUT2D eigenvalue weighted by molar-refractivity contribution is 0.875. The van der Waals surface area contributed by atoms with E-state index >= 15 is 0 Å². The summed E-state index contributed by atoms with van der Waals surface area (Å²) in [4.78, 5) is 12.5.